The van der Waals surface area contributed by atoms with E-state index in [9.17, 15) is 9.90 Å². The summed E-state index contributed by atoms with van der Waals surface area (Å²) in [6.07, 6.45) is 2.91. The highest BCUT2D eigenvalue weighted by Crippen LogP contribution is 2.29. The van der Waals surface area contributed by atoms with Crippen LogP contribution in [0.15, 0.2) is 56.7 Å². The SMILES string of the molecule is CCSc1nnc(/N=C/c2c(O)n(-c3ccc(Cl)cn3)c(=O)c3ccccc23)s1. The summed E-state index contributed by atoms with van der Waals surface area (Å²) in [5, 5.41) is 20.9. The van der Waals surface area contributed by atoms with Crippen molar-refractivity contribution >= 4 is 56.8 Å². The number of benzene rings is 1. The largest absolute Gasteiger partial charge is 0.494 e. The minimum atomic E-state index is -0.386. The van der Waals surface area contributed by atoms with Crippen LogP contribution in [0.2, 0.25) is 5.02 Å². The molecule has 0 saturated carbocycles. The molecular weight excluding hydrogens is 430 g/mol. The van der Waals surface area contributed by atoms with Crippen LogP contribution in [0.4, 0.5) is 5.13 Å². The van der Waals surface area contributed by atoms with Gasteiger partial charge >= 0.3 is 0 Å². The second-order valence-corrected chi connectivity index (χ2v) is 8.70. The van der Waals surface area contributed by atoms with Gasteiger partial charge in [0.1, 0.15) is 5.82 Å². The van der Waals surface area contributed by atoms with E-state index in [1.54, 1.807) is 48.2 Å². The summed E-state index contributed by atoms with van der Waals surface area (Å²) >= 11 is 8.84. The van der Waals surface area contributed by atoms with Gasteiger partial charge in [-0.3, -0.25) is 4.79 Å². The summed E-state index contributed by atoms with van der Waals surface area (Å²) < 4.78 is 1.96. The zero-order valence-electron chi connectivity index (χ0n) is 15.1. The molecule has 1 aromatic carbocycles. The highest BCUT2D eigenvalue weighted by atomic mass is 35.5. The fourth-order valence-corrected chi connectivity index (χ4v) is 4.45. The lowest BCUT2D eigenvalue weighted by atomic mass is 10.1. The van der Waals surface area contributed by atoms with Crippen molar-refractivity contribution in [2.45, 2.75) is 11.3 Å². The highest BCUT2D eigenvalue weighted by Gasteiger charge is 2.17. The molecular formula is C19H14ClN5O2S2. The molecule has 3 heterocycles. The van der Waals surface area contributed by atoms with Crippen LogP contribution >= 0.6 is 34.7 Å². The topological polar surface area (TPSA) is 93.3 Å². The van der Waals surface area contributed by atoms with Gasteiger partial charge in [-0.05, 0) is 24.0 Å². The fourth-order valence-electron chi connectivity index (χ4n) is 2.76. The van der Waals surface area contributed by atoms with Crippen molar-refractivity contribution in [3.8, 4) is 11.7 Å². The van der Waals surface area contributed by atoms with E-state index in [1.807, 2.05) is 6.92 Å². The molecule has 29 heavy (non-hydrogen) atoms. The van der Waals surface area contributed by atoms with Gasteiger partial charge < -0.3 is 5.11 Å². The molecule has 4 rings (SSSR count). The van der Waals surface area contributed by atoms with Crippen molar-refractivity contribution in [1.82, 2.24) is 19.7 Å². The molecule has 0 aliphatic heterocycles. The second kappa shape index (κ2) is 8.32. The minimum absolute atomic E-state index is 0.259. The Kier molecular flexibility index (Phi) is 5.61. The molecule has 0 radical (unpaired) electrons. The van der Waals surface area contributed by atoms with Crippen molar-refractivity contribution in [1.29, 1.82) is 0 Å². The van der Waals surface area contributed by atoms with Gasteiger partial charge in [-0.1, -0.05) is 59.8 Å². The van der Waals surface area contributed by atoms with Crippen LogP contribution in [0.25, 0.3) is 16.6 Å². The lowest BCUT2D eigenvalue weighted by molar-refractivity contribution is 0.435. The standard InChI is InChI=1S/C19H14ClN5O2S2/c1-2-28-19-24-23-18(29-19)22-10-14-12-5-3-4-6-13(12)16(26)25(17(14)27)15-8-7-11(20)9-21-15/h3-10,27H,2H2,1H3/b22-10+. The van der Waals surface area contributed by atoms with Crippen LogP contribution in [-0.2, 0) is 0 Å². The van der Waals surface area contributed by atoms with Crippen molar-refractivity contribution in [2.75, 3.05) is 5.75 Å². The third kappa shape index (κ3) is 3.89. The lowest BCUT2D eigenvalue weighted by Crippen LogP contribution is -2.21. The van der Waals surface area contributed by atoms with Crippen LogP contribution in [0.1, 0.15) is 12.5 Å². The third-order valence-corrected chi connectivity index (χ3v) is 6.08. The molecule has 0 spiro atoms. The van der Waals surface area contributed by atoms with E-state index in [-0.39, 0.29) is 17.3 Å². The van der Waals surface area contributed by atoms with E-state index in [2.05, 4.69) is 20.2 Å². The summed E-state index contributed by atoms with van der Waals surface area (Å²) in [7, 11) is 0. The number of aliphatic imine (C=N–C) groups is 1. The quantitative estimate of drug-likeness (QED) is 0.361. The van der Waals surface area contributed by atoms with Crippen molar-refractivity contribution < 1.29 is 5.11 Å². The number of thioether (sulfide) groups is 1. The van der Waals surface area contributed by atoms with Gasteiger partial charge in [0.05, 0.1) is 10.6 Å². The maximum atomic E-state index is 13.0. The smallest absolute Gasteiger partial charge is 0.267 e. The van der Waals surface area contributed by atoms with Gasteiger partial charge in [0.25, 0.3) is 5.56 Å². The van der Waals surface area contributed by atoms with Crippen molar-refractivity contribution in [2.24, 2.45) is 4.99 Å². The maximum Gasteiger partial charge on any atom is 0.267 e. The summed E-state index contributed by atoms with van der Waals surface area (Å²) in [5.74, 6) is 0.887. The monoisotopic (exact) mass is 443 g/mol. The van der Waals surface area contributed by atoms with E-state index >= 15 is 0 Å². The number of fused-ring (bicyclic) bond motifs is 1. The van der Waals surface area contributed by atoms with Gasteiger partial charge in [-0.15, -0.1) is 10.2 Å². The van der Waals surface area contributed by atoms with Crippen LogP contribution in [-0.4, -0.2) is 36.8 Å². The molecule has 146 valence electrons. The first-order valence-corrected chi connectivity index (χ1v) is 10.8. The molecule has 0 aliphatic rings. The number of hydrogen-bond donors (Lipinski definition) is 1. The molecule has 0 saturated heterocycles. The average molecular weight is 444 g/mol. The summed E-state index contributed by atoms with van der Waals surface area (Å²) in [6, 6.07) is 10.2. The molecule has 0 bridgehead atoms. The predicted octanol–water partition coefficient (Wildman–Crippen LogP) is 4.46. The molecule has 7 nitrogen and oxygen atoms in total. The van der Waals surface area contributed by atoms with Crippen LogP contribution < -0.4 is 5.56 Å². The lowest BCUT2D eigenvalue weighted by Gasteiger charge is -2.12. The molecule has 10 heteroatoms. The third-order valence-electron chi connectivity index (χ3n) is 4.01. The zero-order chi connectivity index (χ0) is 20.4. The van der Waals surface area contributed by atoms with Crippen LogP contribution in [0.3, 0.4) is 0 Å². The molecule has 0 amide bonds. The van der Waals surface area contributed by atoms with Crippen molar-refractivity contribution in [3.63, 3.8) is 0 Å². The number of pyridine rings is 2. The Balaban J connectivity index is 1.89. The van der Waals surface area contributed by atoms with Gasteiger partial charge in [0.2, 0.25) is 11.0 Å². The van der Waals surface area contributed by atoms with E-state index < -0.39 is 0 Å². The molecule has 0 aliphatic carbocycles. The highest BCUT2D eigenvalue weighted by molar-refractivity contribution is 8.01. The van der Waals surface area contributed by atoms with Gasteiger partial charge in [0.15, 0.2) is 4.34 Å². The van der Waals surface area contributed by atoms with E-state index in [4.69, 9.17) is 11.6 Å². The maximum absolute atomic E-state index is 13.0. The summed E-state index contributed by atoms with van der Waals surface area (Å²) in [4.78, 5) is 21.5. The number of rotatable bonds is 5. The Hall–Kier alpha value is -2.75. The Morgan fingerprint density at radius 3 is 2.76 bits per heavy atom. The number of nitrogens with zero attached hydrogens (tertiary/aromatic N) is 5. The Morgan fingerprint density at radius 2 is 2.03 bits per heavy atom. The number of halogens is 1. The summed E-state index contributed by atoms with van der Waals surface area (Å²) in [6.45, 7) is 2.03. The zero-order valence-corrected chi connectivity index (χ0v) is 17.5. The van der Waals surface area contributed by atoms with Crippen LogP contribution in [0.5, 0.6) is 5.88 Å². The van der Waals surface area contributed by atoms with Crippen molar-refractivity contribution in [3.05, 3.63) is 63.5 Å². The first kappa shape index (κ1) is 19.6. The fraction of sp³-hybridized carbons (Fsp3) is 0.105. The predicted molar refractivity (Wildman–Crippen MR) is 118 cm³/mol. The van der Waals surface area contributed by atoms with Gasteiger partial charge in [-0.2, -0.15) is 0 Å². The molecule has 0 unspecified atom stereocenters. The molecule has 0 atom stereocenters. The van der Waals surface area contributed by atoms with E-state index in [1.165, 1.54) is 23.7 Å². The molecule has 0 fully saturated rings. The van der Waals surface area contributed by atoms with E-state index in [0.717, 1.165) is 14.7 Å². The van der Waals surface area contributed by atoms with E-state index in [0.29, 0.717) is 26.5 Å². The Morgan fingerprint density at radius 1 is 1.24 bits per heavy atom. The minimum Gasteiger partial charge on any atom is -0.494 e. The second-order valence-electron chi connectivity index (χ2n) is 5.80. The normalized spacial score (nSPS) is 11.5. The average Bonchev–Trinajstić information content (AvgIpc) is 3.17. The Bertz CT molecular complexity index is 1270. The first-order chi connectivity index (χ1) is 14.1. The van der Waals surface area contributed by atoms with Gasteiger partial charge in [-0.25, -0.2) is 14.5 Å². The van der Waals surface area contributed by atoms with Crippen LogP contribution in [0, 0.1) is 0 Å². The molecule has 3 aromatic heterocycles. The van der Waals surface area contributed by atoms with Gasteiger partial charge in [0, 0.05) is 23.2 Å². The Labute approximate surface area is 178 Å². The number of hydrogen-bond acceptors (Lipinski definition) is 8. The number of aromatic hydroxyl groups is 1. The molecule has 4 aromatic rings. The molecule has 1 N–H and O–H groups in total. The first-order valence-electron chi connectivity index (χ1n) is 8.57. The number of aromatic nitrogens is 4. The summed E-state index contributed by atoms with van der Waals surface area (Å²) in [5.41, 5.74) is -0.000496.